The Morgan fingerprint density at radius 1 is 0.484 bits per heavy atom. The van der Waals surface area contributed by atoms with E-state index < -0.39 is 18.2 Å². The molecule has 0 aliphatic heterocycles. The van der Waals surface area contributed by atoms with Crippen molar-refractivity contribution in [3.05, 3.63) is 109 Å². The Morgan fingerprint density at radius 2 is 0.922 bits per heavy atom. The van der Waals surface area contributed by atoms with Crippen LogP contribution in [-0.4, -0.2) is 46.9 Å². The highest BCUT2D eigenvalue weighted by Crippen LogP contribution is 2.17. The highest BCUT2D eigenvalue weighted by Gasteiger charge is 2.24. The number of ether oxygens (including phenoxy) is 1. The van der Waals surface area contributed by atoms with E-state index in [1.807, 2.05) is 54.7 Å². The van der Waals surface area contributed by atoms with E-state index in [1.165, 1.54) is 70.6 Å². The van der Waals surface area contributed by atoms with Crippen LogP contribution in [0.15, 0.2) is 109 Å². The summed E-state index contributed by atoms with van der Waals surface area (Å²) in [5, 5.41) is 23.8. The van der Waals surface area contributed by atoms with Gasteiger partial charge in [0.25, 0.3) is 0 Å². The largest absolute Gasteiger partial charge is 0.462 e. The van der Waals surface area contributed by atoms with E-state index in [9.17, 15) is 19.8 Å². The van der Waals surface area contributed by atoms with Crippen LogP contribution in [-0.2, 0) is 14.3 Å². The van der Waals surface area contributed by atoms with Crippen LogP contribution in [0.4, 0.5) is 0 Å². The summed E-state index contributed by atoms with van der Waals surface area (Å²) in [7, 11) is 0. The second-order valence-electron chi connectivity index (χ2n) is 17.3. The predicted molar refractivity (Wildman–Crippen MR) is 277 cm³/mol. The van der Waals surface area contributed by atoms with Gasteiger partial charge < -0.3 is 20.3 Å². The average molecular weight is 888 g/mol. The lowest BCUT2D eigenvalue weighted by molar-refractivity contribution is -0.151. The van der Waals surface area contributed by atoms with Crippen molar-refractivity contribution >= 4 is 11.9 Å². The maximum Gasteiger partial charge on any atom is 0.306 e. The van der Waals surface area contributed by atoms with Crippen molar-refractivity contribution in [1.29, 1.82) is 0 Å². The molecule has 364 valence electrons. The van der Waals surface area contributed by atoms with Crippen LogP contribution in [0.3, 0.4) is 0 Å². The summed E-state index contributed by atoms with van der Waals surface area (Å²) in [5.41, 5.74) is 0. The fourth-order valence-corrected chi connectivity index (χ4v) is 7.36. The van der Waals surface area contributed by atoms with Gasteiger partial charge in [0.15, 0.2) is 0 Å². The number of rotatable bonds is 45. The normalized spacial score (nSPS) is 14.1. The Kier molecular flexibility index (Phi) is 47.8. The molecule has 0 saturated heterocycles. The standard InChI is InChI=1S/C58H97NO5/c1-4-7-10-13-16-19-22-25-28-29-30-33-36-39-42-45-48-51-58(63)64-54(49-46-43-40-37-34-31-26-23-20-17-14-11-8-5-2)52-57(62)59-55(53-60)56(61)50-47-44-41-38-35-32-27-24-21-18-15-12-9-6-3/h7-8,10-11,13,16-17,19-20,22,25-26,28-31,33,36,54-56,60-61H,4-6,9,12,14-15,18,21,23-24,27,32,34-35,37-53H2,1-3H3,(H,59,62)/b10-7-,11-8+,16-13+,20-17+,22-19+,28-25-,30-29+,31-26+,36-33+. The first-order chi connectivity index (χ1) is 31.5. The maximum atomic E-state index is 13.2. The molecule has 3 unspecified atom stereocenters. The van der Waals surface area contributed by atoms with Crippen molar-refractivity contribution in [2.75, 3.05) is 6.61 Å². The first-order valence-corrected chi connectivity index (χ1v) is 26.2. The van der Waals surface area contributed by atoms with E-state index in [1.54, 1.807) is 0 Å². The summed E-state index contributed by atoms with van der Waals surface area (Å²) in [6, 6.07) is -0.726. The molecule has 0 aromatic rings. The molecule has 0 radical (unpaired) electrons. The number of hydrogen-bond acceptors (Lipinski definition) is 5. The van der Waals surface area contributed by atoms with Gasteiger partial charge in [0.1, 0.15) is 6.10 Å². The van der Waals surface area contributed by atoms with Gasteiger partial charge in [0.05, 0.1) is 25.2 Å². The number of aliphatic hydroxyl groups excluding tert-OH is 2. The summed E-state index contributed by atoms with van der Waals surface area (Å²) in [6.07, 6.45) is 68.5. The lowest BCUT2D eigenvalue weighted by Gasteiger charge is -2.24. The average Bonchev–Trinajstić information content (AvgIpc) is 3.29. The Morgan fingerprint density at radius 3 is 1.47 bits per heavy atom. The van der Waals surface area contributed by atoms with Gasteiger partial charge in [0, 0.05) is 6.42 Å². The van der Waals surface area contributed by atoms with E-state index in [4.69, 9.17) is 4.74 Å². The molecule has 0 bridgehead atoms. The van der Waals surface area contributed by atoms with E-state index in [0.717, 1.165) is 103 Å². The molecular formula is C58H97NO5. The van der Waals surface area contributed by atoms with Crippen LogP contribution in [0.25, 0.3) is 0 Å². The molecule has 6 nitrogen and oxygen atoms in total. The van der Waals surface area contributed by atoms with Gasteiger partial charge in [-0.25, -0.2) is 0 Å². The van der Waals surface area contributed by atoms with Gasteiger partial charge in [-0.1, -0.05) is 239 Å². The van der Waals surface area contributed by atoms with Gasteiger partial charge in [-0.15, -0.1) is 0 Å². The molecule has 0 fully saturated rings. The minimum absolute atomic E-state index is 0.0375. The fraction of sp³-hybridized carbons (Fsp3) is 0.655. The summed E-state index contributed by atoms with van der Waals surface area (Å²) >= 11 is 0. The molecule has 3 N–H and O–H groups in total. The van der Waals surface area contributed by atoms with Crippen LogP contribution < -0.4 is 5.32 Å². The number of esters is 1. The first-order valence-electron chi connectivity index (χ1n) is 26.2. The Bertz CT molecular complexity index is 1320. The zero-order chi connectivity index (χ0) is 46.7. The van der Waals surface area contributed by atoms with Crippen molar-refractivity contribution < 1.29 is 24.5 Å². The Labute approximate surface area is 394 Å². The second-order valence-corrected chi connectivity index (χ2v) is 17.3. The van der Waals surface area contributed by atoms with Gasteiger partial charge in [-0.3, -0.25) is 9.59 Å². The number of carbonyl (C=O) groups excluding carboxylic acids is 2. The number of aliphatic hydroxyl groups is 2. The first kappa shape index (κ1) is 60.5. The third-order valence-corrected chi connectivity index (χ3v) is 11.3. The molecule has 1 amide bonds. The molecule has 0 aliphatic carbocycles. The molecule has 0 spiro atoms. The quantitative estimate of drug-likeness (QED) is 0.0245. The van der Waals surface area contributed by atoms with Gasteiger partial charge in [0.2, 0.25) is 5.91 Å². The van der Waals surface area contributed by atoms with Crippen LogP contribution in [0.2, 0.25) is 0 Å². The molecule has 0 saturated carbocycles. The highest BCUT2D eigenvalue weighted by molar-refractivity contribution is 5.77. The van der Waals surface area contributed by atoms with Gasteiger partial charge >= 0.3 is 5.97 Å². The maximum absolute atomic E-state index is 13.2. The fourth-order valence-electron chi connectivity index (χ4n) is 7.36. The third kappa shape index (κ3) is 45.1. The molecule has 64 heavy (non-hydrogen) atoms. The van der Waals surface area contributed by atoms with Gasteiger partial charge in [-0.2, -0.15) is 0 Å². The molecule has 0 rings (SSSR count). The SMILES string of the molecule is CC\C=C/C=C/C=C/C=C\C=C\C=C\CCCCCC(=O)OC(CCCCCC/C=C/C/C=C/C/C=C/CC)CC(=O)NC(CO)C(O)CCCCCCCCCCCCCCCC. The summed E-state index contributed by atoms with van der Waals surface area (Å²) < 4.78 is 5.91. The van der Waals surface area contributed by atoms with Crippen LogP contribution in [0, 0.1) is 0 Å². The monoisotopic (exact) mass is 888 g/mol. The smallest absolute Gasteiger partial charge is 0.306 e. The third-order valence-electron chi connectivity index (χ3n) is 11.3. The molecular weight excluding hydrogens is 791 g/mol. The number of carbonyl (C=O) groups is 2. The topological polar surface area (TPSA) is 95.9 Å². The zero-order valence-corrected chi connectivity index (χ0v) is 41.4. The summed E-state index contributed by atoms with van der Waals surface area (Å²) in [4.78, 5) is 26.2. The summed E-state index contributed by atoms with van der Waals surface area (Å²) in [5.74, 6) is -0.556. The molecule has 0 aliphatic rings. The lowest BCUT2D eigenvalue weighted by atomic mass is 10.0. The highest BCUT2D eigenvalue weighted by atomic mass is 16.5. The van der Waals surface area contributed by atoms with E-state index in [-0.39, 0.29) is 24.9 Å². The van der Waals surface area contributed by atoms with Crippen molar-refractivity contribution in [1.82, 2.24) is 5.32 Å². The van der Waals surface area contributed by atoms with E-state index in [0.29, 0.717) is 19.3 Å². The van der Waals surface area contributed by atoms with Gasteiger partial charge in [-0.05, 0) is 77.0 Å². The van der Waals surface area contributed by atoms with Crippen LogP contribution in [0.1, 0.15) is 220 Å². The zero-order valence-electron chi connectivity index (χ0n) is 41.4. The van der Waals surface area contributed by atoms with Crippen molar-refractivity contribution in [2.24, 2.45) is 0 Å². The number of hydrogen-bond donors (Lipinski definition) is 3. The Balaban J connectivity index is 4.72. The van der Waals surface area contributed by atoms with E-state index in [2.05, 4.69) is 80.8 Å². The van der Waals surface area contributed by atoms with Crippen LogP contribution >= 0.6 is 0 Å². The molecule has 6 heteroatoms. The molecule has 3 atom stereocenters. The number of nitrogens with one attached hydrogen (secondary N) is 1. The van der Waals surface area contributed by atoms with E-state index >= 15 is 0 Å². The molecule has 0 aromatic carbocycles. The molecule has 0 heterocycles. The number of amides is 1. The number of allylic oxidation sites excluding steroid dienone is 18. The van der Waals surface area contributed by atoms with Crippen molar-refractivity contribution in [2.45, 2.75) is 238 Å². The number of unbranched alkanes of at least 4 members (excludes halogenated alkanes) is 20. The summed E-state index contributed by atoms with van der Waals surface area (Å²) in [6.45, 7) is 6.21. The minimum atomic E-state index is -0.809. The predicted octanol–water partition coefficient (Wildman–Crippen LogP) is 15.9. The van der Waals surface area contributed by atoms with Crippen LogP contribution in [0.5, 0.6) is 0 Å². The Hall–Kier alpha value is -3.48. The minimum Gasteiger partial charge on any atom is -0.462 e. The second kappa shape index (κ2) is 50.5. The van der Waals surface area contributed by atoms with Crippen molar-refractivity contribution in [3.8, 4) is 0 Å². The molecule has 0 aromatic heterocycles. The lowest BCUT2D eigenvalue weighted by Crippen LogP contribution is -2.46. The van der Waals surface area contributed by atoms with Crippen molar-refractivity contribution in [3.63, 3.8) is 0 Å².